The summed E-state index contributed by atoms with van der Waals surface area (Å²) in [6.07, 6.45) is 2.64. The predicted molar refractivity (Wildman–Crippen MR) is 98.8 cm³/mol. The molecule has 3 rings (SSSR count). The molecule has 0 aliphatic rings. The van der Waals surface area contributed by atoms with Gasteiger partial charge in [-0.2, -0.15) is 0 Å². The summed E-state index contributed by atoms with van der Waals surface area (Å²) in [5, 5.41) is 0.936. The molecular weight excluding hydrogens is 318 g/mol. The molecule has 0 bridgehead atoms. The van der Waals surface area contributed by atoms with E-state index in [4.69, 9.17) is 0 Å². The van der Waals surface area contributed by atoms with Gasteiger partial charge in [0.2, 0.25) is 0 Å². The zero-order chi connectivity index (χ0) is 17.3. The van der Waals surface area contributed by atoms with Gasteiger partial charge in [-0.25, -0.2) is 12.4 Å². The number of hydrogen-bond donors (Lipinski definition) is 0. The second kappa shape index (κ2) is 6.29. The van der Waals surface area contributed by atoms with Crippen LogP contribution in [0.1, 0.15) is 25.1 Å². The summed E-state index contributed by atoms with van der Waals surface area (Å²) in [5.74, 6) is 0. The molecule has 124 valence electrons. The Bertz CT molecular complexity index is 1010. The van der Waals surface area contributed by atoms with E-state index >= 15 is 0 Å². The first-order valence-corrected chi connectivity index (χ1v) is 9.38. The minimum absolute atomic E-state index is 0.313. The predicted octanol–water partition coefficient (Wildman–Crippen LogP) is 4.70. The third-order valence-electron chi connectivity index (χ3n) is 4.02. The van der Waals surface area contributed by atoms with Crippen molar-refractivity contribution in [1.82, 2.24) is 3.97 Å². The van der Waals surface area contributed by atoms with Gasteiger partial charge in [0.25, 0.3) is 10.0 Å². The minimum atomic E-state index is -3.63. The van der Waals surface area contributed by atoms with Crippen LogP contribution in [0.15, 0.2) is 71.1 Å². The number of allylic oxidation sites excluding steroid dienone is 2. The third-order valence-corrected chi connectivity index (χ3v) is 5.80. The standard InChI is InChI=1S/C20H21NO2S/c1-15(2)8-11-18-14-17-6-4-5-7-20(17)21(18)24(22,23)19-12-9-16(3)10-13-19/h4-10,12-14H,11H2,1-3H3. The summed E-state index contributed by atoms with van der Waals surface area (Å²) < 4.78 is 27.9. The van der Waals surface area contributed by atoms with Gasteiger partial charge in [-0.05, 0) is 45.0 Å². The second-order valence-corrected chi connectivity index (χ2v) is 8.05. The first-order chi connectivity index (χ1) is 11.4. The van der Waals surface area contributed by atoms with Crippen LogP contribution in [-0.4, -0.2) is 12.4 Å². The largest absolute Gasteiger partial charge is 0.268 e. The lowest BCUT2D eigenvalue weighted by molar-refractivity contribution is 0.587. The Balaban J connectivity index is 2.24. The van der Waals surface area contributed by atoms with Gasteiger partial charge in [0.05, 0.1) is 10.4 Å². The molecule has 0 radical (unpaired) electrons. The number of fused-ring (bicyclic) bond motifs is 1. The van der Waals surface area contributed by atoms with Crippen molar-refractivity contribution in [2.45, 2.75) is 32.1 Å². The highest BCUT2D eigenvalue weighted by atomic mass is 32.2. The number of aryl methyl sites for hydroxylation is 1. The lowest BCUT2D eigenvalue weighted by Gasteiger charge is -2.11. The second-order valence-electron chi connectivity index (χ2n) is 6.26. The molecule has 0 unspecified atom stereocenters. The fourth-order valence-electron chi connectivity index (χ4n) is 2.74. The van der Waals surface area contributed by atoms with Crippen molar-refractivity contribution in [1.29, 1.82) is 0 Å². The number of para-hydroxylation sites is 1. The fourth-order valence-corrected chi connectivity index (χ4v) is 4.29. The van der Waals surface area contributed by atoms with Crippen molar-refractivity contribution in [3.05, 3.63) is 77.5 Å². The Morgan fingerprint density at radius 3 is 2.38 bits per heavy atom. The summed E-state index contributed by atoms with van der Waals surface area (Å²) in [4.78, 5) is 0.313. The molecule has 1 aromatic heterocycles. The van der Waals surface area contributed by atoms with E-state index in [2.05, 4.69) is 6.08 Å². The highest BCUT2D eigenvalue weighted by molar-refractivity contribution is 7.90. The van der Waals surface area contributed by atoms with Crippen LogP contribution in [0.5, 0.6) is 0 Å². The molecule has 3 aromatic rings. The summed E-state index contributed by atoms with van der Waals surface area (Å²) >= 11 is 0. The monoisotopic (exact) mass is 339 g/mol. The number of nitrogens with zero attached hydrogens (tertiary/aromatic N) is 1. The van der Waals surface area contributed by atoms with Gasteiger partial charge in [0.1, 0.15) is 0 Å². The van der Waals surface area contributed by atoms with Crippen LogP contribution in [0.4, 0.5) is 0 Å². The zero-order valence-corrected chi connectivity index (χ0v) is 15.0. The highest BCUT2D eigenvalue weighted by Gasteiger charge is 2.22. The van der Waals surface area contributed by atoms with Crippen molar-refractivity contribution in [2.24, 2.45) is 0 Å². The lowest BCUT2D eigenvalue weighted by Crippen LogP contribution is -2.15. The lowest BCUT2D eigenvalue weighted by atomic mass is 10.2. The van der Waals surface area contributed by atoms with Gasteiger partial charge in [0.15, 0.2) is 0 Å². The van der Waals surface area contributed by atoms with Gasteiger partial charge in [-0.15, -0.1) is 0 Å². The Morgan fingerprint density at radius 2 is 1.71 bits per heavy atom. The maximum atomic E-state index is 13.2. The molecule has 24 heavy (non-hydrogen) atoms. The minimum Gasteiger partial charge on any atom is -0.238 e. The summed E-state index contributed by atoms with van der Waals surface area (Å²) in [6, 6.07) is 16.6. The number of aromatic nitrogens is 1. The molecule has 0 spiro atoms. The van der Waals surface area contributed by atoms with E-state index in [0.717, 1.165) is 22.2 Å². The van der Waals surface area contributed by atoms with Crippen LogP contribution in [0.2, 0.25) is 0 Å². The molecule has 0 aliphatic heterocycles. The number of benzene rings is 2. The van der Waals surface area contributed by atoms with E-state index in [1.54, 1.807) is 12.1 Å². The molecule has 0 aliphatic carbocycles. The van der Waals surface area contributed by atoms with Gasteiger partial charge in [0, 0.05) is 17.5 Å². The van der Waals surface area contributed by atoms with Gasteiger partial charge in [-0.3, -0.25) is 0 Å². The normalized spacial score (nSPS) is 11.6. The number of rotatable bonds is 4. The van der Waals surface area contributed by atoms with E-state index in [1.165, 1.54) is 9.55 Å². The van der Waals surface area contributed by atoms with Gasteiger partial charge < -0.3 is 0 Å². The molecule has 1 heterocycles. The van der Waals surface area contributed by atoms with Crippen LogP contribution < -0.4 is 0 Å². The van der Waals surface area contributed by atoms with Crippen LogP contribution >= 0.6 is 0 Å². The molecule has 0 fully saturated rings. The molecule has 0 saturated carbocycles. The van der Waals surface area contributed by atoms with Crippen LogP contribution in [0.3, 0.4) is 0 Å². The van der Waals surface area contributed by atoms with E-state index in [1.807, 2.05) is 63.2 Å². The Hall–Kier alpha value is -2.33. The maximum Gasteiger partial charge on any atom is 0.268 e. The Labute approximate surface area is 143 Å². The van der Waals surface area contributed by atoms with Crippen molar-refractivity contribution in [2.75, 3.05) is 0 Å². The molecule has 2 aromatic carbocycles. The quantitative estimate of drug-likeness (QED) is 0.647. The molecule has 0 N–H and O–H groups in total. The van der Waals surface area contributed by atoms with Crippen LogP contribution in [0, 0.1) is 6.92 Å². The van der Waals surface area contributed by atoms with Crippen molar-refractivity contribution >= 4 is 20.9 Å². The third kappa shape index (κ3) is 3.02. The molecule has 0 atom stereocenters. The first-order valence-electron chi connectivity index (χ1n) is 7.94. The average molecular weight is 339 g/mol. The SMILES string of the molecule is CC(C)=CCc1cc2ccccc2n1S(=O)(=O)c1ccc(C)cc1. The van der Waals surface area contributed by atoms with Crippen molar-refractivity contribution < 1.29 is 8.42 Å². The van der Waals surface area contributed by atoms with Crippen LogP contribution in [0.25, 0.3) is 10.9 Å². The maximum absolute atomic E-state index is 13.2. The fraction of sp³-hybridized carbons (Fsp3) is 0.200. The molecular formula is C20H21NO2S. The van der Waals surface area contributed by atoms with E-state index < -0.39 is 10.0 Å². The Kier molecular flexibility index (Phi) is 4.33. The molecule has 4 heteroatoms. The zero-order valence-electron chi connectivity index (χ0n) is 14.2. The molecule has 0 saturated heterocycles. The summed E-state index contributed by atoms with van der Waals surface area (Å²) in [6.45, 7) is 5.98. The van der Waals surface area contributed by atoms with Gasteiger partial charge in [-0.1, -0.05) is 47.5 Å². The van der Waals surface area contributed by atoms with E-state index in [0.29, 0.717) is 11.3 Å². The topological polar surface area (TPSA) is 39.1 Å². The summed E-state index contributed by atoms with van der Waals surface area (Å²) in [5.41, 5.74) is 3.70. The van der Waals surface area contributed by atoms with Crippen molar-refractivity contribution in [3.8, 4) is 0 Å². The summed E-state index contributed by atoms with van der Waals surface area (Å²) in [7, 11) is -3.63. The molecule has 0 amide bonds. The van der Waals surface area contributed by atoms with E-state index in [9.17, 15) is 8.42 Å². The molecule has 3 nitrogen and oxygen atoms in total. The Morgan fingerprint density at radius 1 is 1.04 bits per heavy atom. The average Bonchev–Trinajstić information content (AvgIpc) is 2.92. The smallest absolute Gasteiger partial charge is 0.238 e. The van der Waals surface area contributed by atoms with Crippen molar-refractivity contribution in [3.63, 3.8) is 0 Å². The number of hydrogen-bond acceptors (Lipinski definition) is 2. The van der Waals surface area contributed by atoms with Crippen LogP contribution in [-0.2, 0) is 16.4 Å². The van der Waals surface area contributed by atoms with Gasteiger partial charge >= 0.3 is 0 Å². The first kappa shape index (κ1) is 16.5. The highest BCUT2D eigenvalue weighted by Crippen LogP contribution is 2.26. The van der Waals surface area contributed by atoms with E-state index in [-0.39, 0.29) is 0 Å².